The number of hydrogen-bond donors (Lipinski definition) is 2. The third-order valence-electron chi connectivity index (χ3n) is 11.8. The van der Waals surface area contributed by atoms with E-state index in [1.165, 1.54) is 57.8 Å². The largest absolute Gasteiger partial charge is 0.393 e. The molecule has 2 heteroatoms. The molecule has 176 valence electrons. The highest BCUT2D eigenvalue weighted by Gasteiger charge is 2.60. The molecule has 4 fully saturated rings. The van der Waals surface area contributed by atoms with Gasteiger partial charge < -0.3 is 10.2 Å². The topological polar surface area (TPSA) is 40.5 Å². The summed E-state index contributed by atoms with van der Waals surface area (Å²) in [5.41, 5.74) is 1.87. The Morgan fingerprint density at radius 2 is 1.81 bits per heavy atom. The Bertz CT molecular complexity index is 710. The zero-order valence-electron chi connectivity index (χ0n) is 20.7. The van der Waals surface area contributed by atoms with Crippen LogP contribution in [0, 0.1) is 46.3 Å². The smallest absolute Gasteiger partial charge is 0.0682 e. The van der Waals surface area contributed by atoms with Gasteiger partial charge in [-0.2, -0.15) is 0 Å². The summed E-state index contributed by atoms with van der Waals surface area (Å²) in [6, 6.07) is 0. The Kier molecular flexibility index (Phi) is 5.70. The van der Waals surface area contributed by atoms with Gasteiger partial charge in [0, 0.05) is 0 Å². The number of aliphatic hydroxyl groups excluding tert-OH is 1. The summed E-state index contributed by atoms with van der Waals surface area (Å²) in [6.45, 7) is 9.67. The quantitative estimate of drug-likeness (QED) is 0.452. The molecule has 0 aromatic heterocycles. The Morgan fingerprint density at radius 3 is 2.52 bits per heavy atom. The normalized spacial score (nSPS) is 48.9. The minimum atomic E-state index is -0.453. The molecule has 31 heavy (non-hydrogen) atoms. The standard InChI is InChI=1S/C29H48O2/c1-5-29(31)17-16-27(3)21(18-29)9-10-22-24-12-11-23(28(24,4)15-14-25(22)27)19(2)26(30)13-8-20-6-7-20/h9,19-20,22-26,30-31H,5-8,10-18H2,1-4H3/t19?,22-,23+,24-,25-,26?,27-,28+,29-/m0/s1. The molecule has 0 aromatic carbocycles. The van der Waals surface area contributed by atoms with Gasteiger partial charge in [-0.15, -0.1) is 0 Å². The Hall–Kier alpha value is -0.340. The molecule has 5 aliphatic rings. The van der Waals surface area contributed by atoms with E-state index in [1.54, 1.807) is 5.57 Å². The van der Waals surface area contributed by atoms with Crippen LogP contribution in [-0.2, 0) is 0 Å². The lowest BCUT2D eigenvalue weighted by molar-refractivity contribution is -0.0817. The molecule has 0 saturated heterocycles. The average molecular weight is 429 g/mol. The molecule has 0 aromatic rings. The van der Waals surface area contributed by atoms with Crippen molar-refractivity contribution in [3.63, 3.8) is 0 Å². The van der Waals surface area contributed by atoms with E-state index in [4.69, 9.17) is 0 Å². The predicted octanol–water partition coefficient (Wildman–Crippen LogP) is 6.89. The molecule has 0 radical (unpaired) electrons. The highest BCUT2D eigenvalue weighted by Crippen LogP contribution is 2.67. The van der Waals surface area contributed by atoms with Crippen molar-refractivity contribution in [3.05, 3.63) is 11.6 Å². The Balaban J connectivity index is 1.32. The minimum Gasteiger partial charge on any atom is -0.393 e. The molecule has 0 spiro atoms. The summed E-state index contributed by atoms with van der Waals surface area (Å²) < 4.78 is 0. The van der Waals surface area contributed by atoms with Crippen molar-refractivity contribution in [2.24, 2.45) is 46.3 Å². The molecule has 0 amide bonds. The van der Waals surface area contributed by atoms with Crippen LogP contribution in [0.3, 0.4) is 0 Å². The minimum absolute atomic E-state index is 0.0978. The molecule has 0 aliphatic heterocycles. The molecule has 2 nitrogen and oxygen atoms in total. The van der Waals surface area contributed by atoms with Gasteiger partial charge in [0.15, 0.2) is 0 Å². The van der Waals surface area contributed by atoms with Gasteiger partial charge in [-0.3, -0.25) is 0 Å². The van der Waals surface area contributed by atoms with Gasteiger partial charge in [-0.25, -0.2) is 0 Å². The van der Waals surface area contributed by atoms with Crippen molar-refractivity contribution < 1.29 is 10.2 Å². The van der Waals surface area contributed by atoms with E-state index in [2.05, 4.69) is 33.8 Å². The van der Waals surface area contributed by atoms with E-state index in [-0.39, 0.29) is 6.10 Å². The Labute approximate surface area is 191 Å². The van der Waals surface area contributed by atoms with Gasteiger partial charge in [0.05, 0.1) is 11.7 Å². The fourth-order valence-corrected chi connectivity index (χ4v) is 9.26. The van der Waals surface area contributed by atoms with E-state index >= 15 is 0 Å². The summed E-state index contributed by atoms with van der Waals surface area (Å²) >= 11 is 0. The fourth-order valence-electron chi connectivity index (χ4n) is 9.26. The first kappa shape index (κ1) is 22.5. The van der Waals surface area contributed by atoms with Gasteiger partial charge in [0.1, 0.15) is 0 Å². The van der Waals surface area contributed by atoms with Crippen LogP contribution >= 0.6 is 0 Å². The number of rotatable bonds is 6. The summed E-state index contributed by atoms with van der Waals surface area (Å²) in [5, 5.41) is 22.0. The first-order chi connectivity index (χ1) is 14.7. The molecule has 5 rings (SSSR count). The van der Waals surface area contributed by atoms with Gasteiger partial charge in [0.2, 0.25) is 0 Å². The second-order valence-corrected chi connectivity index (χ2v) is 13.2. The van der Waals surface area contributed by atoms with E-state index in [0.29, 0.717) is 22.7 Å². The van der Waals surface area contributed by atoms with Gasteiger partial charge in [-0.05, 0) is 117 Å². The fraction of sp³-hybridized carbons (Fsp3) is 0.931. The van der Waals surface area contributed by atoms with Crippen LogP contribution in [0.4, 0.5) is 0 Å². The first-order valence-electron chi connectivity index (χ1n) is 13.8. The van der Waals surface area contributed by atoms with Crippen LogP contribution in [0.5, 0.6) is 0 Å². The molecule has 4 saturated carbocycles. The molecular formula is C29H48O2. The maximum Gasteiger partial charge on any atom is 0.0682 e. The number of hydrogen-bond acceptors (Lipinski definition) is 2. The van der Waals surface area contributed by atoms with E-state index in [1.807, 2.05) is 0 Å². The van der Waals surface area contributed by atoms with Gasteiger partial charge >= 0.3 is 0 Å². The van der Waals surface area contributed by atoms with Crippen LogP contribution in [0.2, 0.25) is 0 Å². The lowest BCUT2D eigenvalue weighted by Crippen LogP contribution is -2.52. The molecule has 2 unspecified atom stereocenters. The average Bonchev–Trinajstić information content (AvgIpc) is 3.52. The number of allylic oxidation sites excluding steroid dienone is 1. The van der Waals surface area contributed by atoms with Gasteiger partial charge in [0.25, 0.3) is 0 Å². The van der Waals surface area contributed by atoms with Crippen molar-refractivity contribution in [2.45, 2.75) is 123 Å². The molecule has 0 bridgehead atoms. The van der Waals surface area contributed by atoms with Gasteiger partial charge in [-0.1, -0.05) is 52.2 Å². The lowest BCUT2D eigenvalue weighted by Gasteiger charge is -2.59. The van der Waals surface area contributed by atoms with E-state index < -0.39 is 5.60 Å². The zero-order valence-corrected chi connectivity index (χ0v) is 20.7. The second-order valence-electron chi connectivity index (χ2n) is 13.2. The van der Waals surface area contributed by atoms with Crippen molar-refractivity contribution in [1.29, 1.82) is 0 Å². The predicted molar refractivity (Wildman–Crippen MR) is 128 cm³/mol. The number of fused-ring (bicyclic) bond motifs is 5. The van der Waals surface area contributed by atoms with Crippen LogP contribution < -0.4 is 0 Å². The maximum atomic E-state index is 11.0. The lowest BCUT2D eigenvalue weighted by atomic mass is 9.46. The second kappa shape index (κ2) is 7.86. The van der Waals surface area contributed by atoms with Crippen LogP contribution in [-0.4, -0.2) is 21.9 Å². The molecular weight excluding hydrogens is 380 g/mol. The molecule has 0 heterocycles. The monoisotopic (exact) mass is 428 g/mol. The zero-order chi connectivity index (χ0) is 22.0. The molecule has 9 atom stereocenters. The molecule has 5 aliphatic carbocycles. The van der Waals surface area contributed by atoms with Crippen molar-refractivity contribution in [3.8, 4) is 0 Å². The van der Waals surface area contributed by atoms with Crippen molar-refractivity contribution >= 4 is 0 Å². The highest BCUT2D eigenvalue weighted by atomic mass is 16.3. The van der Waals surface area contributed by atoms with Crippen LogP contribution in [0.25, 0.3) is 0 Å². The summed E-state index contributed by atoms with van der Waals surface area (Å²) in [4.78, 5) is 0. The maximum absolute atomic E-state index is 11.0. The van der Waals surface area contributed by atoms with E-state index in [0.717, 1.165) is 49.4 Å². The first-order valence-corrected chi connectivity index (χ1v) is 13.8. The number of aliphatic hydroxyl groups is 2. The summed E-state index contributed by atoms with van der Waals surface area (Å²) in [7, 11) is 0. The van der Waals surface area contributed by atoms with Crippen LogP contribution in [0.15, 0.2) is 11.6 Å². The third kappa shape index (κ3) is 3.67. The van der Waals surface area contributed by atoms with Crippen molar-refractivity contribution in [2.75, 3.05) is 0 Å². The Morgan fingerprint density at radius 1 is 1.03 bits per heavy atom. The van der Waals surface area contributed by atoms with Crippen LogP contribution in [0.1, 0.15) is 111 Å². The SMILES string of the molecule is CC[C@]1(O)CC[C@@]2(C)C(=CC[C@H]3[C@@H]4CC[C@H](C(C)C(O)CCC5CC5)[C@@]4(C)CC[C@@H]32)C1. The van der Waals surface area contributed by atoms with Crippen molar-refractivity contribution in [1.82, 2.24) is 0 Å². The van der Waals surface area contributed by atoms with E-state index in [9.17, 15) is 10.2 Å². The summed E-state index contributed by atoms with van der Waals surface area (Å²) in [5.74, 6) is 4.53. The highest BCUT2D eigenvalue weighted by molar-refractivity contribution is 5.27. The third-order valence-corrected chi connectivity index (χ3v) is 11.8. The molecule has 2 N–H and O–H groups in total. The summed E-state index contributed by atoms with van der Waals surface area (Å²) in [6.07, 6.45) is 18.2.